The number of hydrogen-bond donors (Lipinski definition) is 1. The molecule has 0 radical (unpaired) electrons. The fourth-order valence-corrected chi connectivity index (χ4v) is 5.87. The molecular formula is C28H34N2O4. The molecule has 2 fully saturated rings. The highest BCUT2D eigenvalue weighted by atomic mass is 16.5. The van der Waals surface area contributed by atoms with E-state index < -0.39 is 0 Å². The molecule has 2 aromatic rings. The molecule has 1 heterocycles. The summed E-state index contributed by atoms with van der Waals surface area (Å²) in [4.78, 5) is 27.0. The minimum Gasteiger partial charge on any atom is -0.427 e. The third-order valence-corrected chi connectivity index (χ3v) is 7.35. The maximum Gasteiger partial charge on any atom is 0.308 e. The number of nitrogens with one attached hydrogen (secondary N) is 1. The Labute approximate surface area is 201 Å². The molecule has 2 aromatic carbocycles. The summed E-state index contributed by atoms with van der Waals surface area (Å²) in [5.41, 5.74) is 1.59. The molecule has 4 atom stereocenters. The van der Waals surface area contributed by atoms with Gasteiger partial charge in [-0.05, 0) is 55.6 Å². The van der Waals surface area contributed by atoms with Crippen molar-refractivity contribution in [3.8, 4) is 5.75 Å². The molecule has 2 aliphatic rings. The van der Waals surface area contributed by atoms with E-state index in [1.807, 2.05) is 54.6 Å². The van der Waals surface area contributed by atoms with E-state index in [1.165, 1.54) is 6.92 Å². The predicted molar refractivity (Wildman–Crippen MR) is 132 cm³/mol. The first-order valence-corrected chi connectivity index (χ1v) is 12.0. The number of fused-ring (bicyclic) bond motifs is 1. The summed E-state index contributed by atoms with van der Waals surface area (Å²) < 4.78 is 11.5. The van der Waals surface area contributed by atoms with Crippen molar-refractivity contribution in [2.45, 2.75) is 43.7 Å². The molecule has 180 valence electrons. The molecule has 0 bridgehead atoms. The SMILES string of the molecule is C=CCN1CCC2(c3cccc(OC(C)=O)c3)CC(NC(=O)c3ccccc3)CC(OC)C2C1. The van der Waals surface area contributed by atoms with Crippen LogP contribution in [-0.2, 0) is 14.9 Å². The zero-order valence-corrected chi connectivity index (χ0v) is 20.0. The molecule has 4 rings (SSSR count). The summed E-state index contributed by atoms with van der Waals surface area (Å²) in [6.07, 6.45) is 4.42. The monoisotopic (exact) mass is 462 g/mol. The number of nitrogens with zero attached hydrogens (tertiary/aromatic N) is 1. The van der Waals surface area contributed by atoms with Crippen LogP contribution in [0.2, 0.25) is 0 Å². The lowest BCUT2D eigenvalue weighted by atomic mass is 9.57. The lowest BCUT2D eigenvalue weighted by Gasteiger charge is -2.55. The fraction of sp³-hybridized carbons (Fsp3) is 0.429. The van der Waals surface area contributed by atoms with Crippen LogP contribution >= 0.6 is 0 Å². The first-order valence-electron chi connectivity index (χ1n) is 12.0. The molecule has 1 saturated heterocycles. The molecule has 34 heavy (non-hydrogen) atoms. The summed E-state index contributed by atoms with van der Waals surface area (Å²) >= 11 is 0. The average molecular weight is 463 g/mol. The van der Waals surface area contributed by atoms with Crippen molar-refractivity contribution in [2.75, 3.05) is 26.7 Å². The van der Waals surface area contributed by atoms with Gasteiger partial charge in [-0.15, -0.1) is 6.58 Å². The third kappa shape index (κ3) is 5.08. The number of esters is 1. The second-order valence-corrected chi connectivity index (χ2v) is 9.43. The molecular weight excluding hydrogens is 428 g/mol. The Balaban J connectivity index is 1.68. The van der Waals surface area contributed by atoms with Crippen molar-refractivity contribution in [2.24, 2.45) is 5.92 Å². The van der Waals surface area contributed by atoms with Crippen LogP contribution in [0, 0.1) is 5.92 Å². The predicted octanol–water partition coefficient (Wildman–Crippen LogP) is 3.97. The molecule has 6 nitrogen and oxygen atoms in total. The highest BCUT2D eigenvalue weighted by molar-refractivity contribution is 5.94. The molecule has 0 spiro atoms. The average Bonchev–Trinajstić information content (AvgIpc) is 2.84. The van der Waals surface area contributed by atoms with Crippen molar-refractivity contribution in [3.05, 3.63) is 78.4 Å². The van der Waals surface area contributed by atoms with E-state index in [1.54, 1.807) is 7.11 Å². The Morgan fingerprint density at radius 3 is 2.71 bits per heavy atom. The van der Waals surface area contributed by atoms with Crippen LogP contribution in [0.3, 0.4) is 0 Å². The second-order valence-electron chi connectivity index (χ2n) is 9.43. The maximum absolute atomic E-state index is 13.0. The van der Waals surface area contributed by atoms with Crippen LogP contribution in [0.4, 0.5) is 0 Å². The van der Waals surface area contributed by atoms with E-state index in [4.69, 9.17) is 9.47 Å². The van der Waals surface area contributed by atoms with E-state index in [9.17, 15) is 9.59 Å². The fourth-order valence-electron chi connectivity index (χ4n) is 5.87. The van der Waals surface area contributed by atoms with Crippen molar-refractivity contribution in [1.82, 2.24) is 10.2 Å². The van der Waals surface area contributed by atoms with Gasteiger partial charge in [0, 0.05) is 50.1 Å². The first kappa shape index (κ1) is 24.2. The number of methoxy groups -OCH3 is 1. The Morgan fingerprint density at radius 1 is 1.21 bits per heavy atom. The van der Waals surface area contributed by atoms with Crippen LogP contribution in [0.1, 0.15) is 42.1 Å². The quantitative estimate of drug-likeness (QED) is 0.383. The van der Waals surface area contributed by atoms with Gasteiger partial charge in [0.05, 0.1) is 6.10 Å². The van der Waals surface area contributed by atoms with Crippen LogP contribution < -0.4 is 10.1 Å². The minimum atomic E-state index is -0.335. The smallest absolute Gasteiger partial charge is 0.308 e. The first-order chi connectivity index (χ1) is 16.4. The number of carbonyl (C=O) groups excluding carboxylic acids is 2. The number of likely N-dealkylation sites (tertiary alicyclic amines) is 1. The summed E-state index contributed by atoms with van der Waals surface area (Å²) in [5, 5.41) is 3.28. The zero-order valence-electron chi connectivity index (χ0n) is 20.0. The van der Waals surface area contributed by atoms with Crippen LogP contribution in [0.5, 0.6) is 5.75 Å². The standard InChI is InChI=1S/C28H34N2O4/c1-4-14-30-15-13-28(22-11-8-12-24(16-22)34-20(2)31)18-23(17-26(33-3)25(28)19-30)29-27(32)21-9-6-5-7-10-21/h4-12,16,23,25-26H,1,13-15,17-19H2,2-3H3,(H,29,32). The Bertz CT molecular complexity index is 1020. The van der Waals surface area contributed by atoms with E-state index in [0.29, 0.717) is 11.3 Å². The molecule has 1 aliphatic heterocycles. The molecule has 1 aliphatic carbocycles. The lowest BCUT2D eigenvalue weighted by Crippen LogP contribution is -2.61. The number of carbonyl (C=O) groups is 2. The van der Waals surface area contributed by atoms with Crippen LogP contribution in [-0.4, -0.2) is 55.7 Å². The van der Waals surface area contributed by atoms with Gasteiger partial charge in [0.1, 0.15) is 5.75 Å². The normalized spacial score (nSPS) is 26.8. The van der Waals surface area contributed by atoms with Gasteiger partial charge in [-0.3, -0.25) is 14.5 Å². The van der Waals surface area contributed by atoms with E-state index in [2.05, 4.69) is 22.9 Å². The molecule has 6 heteroatoms. The largest absolute Gasteiger partial charge is 0.427 e. The molecule has 4 unspecified atom stereocenters. The zero-order chi connectivity index (χ0) is 24.1. The van der Waals surface area contributed by atoms with Crippen molar-refractivity contribution in [3.63, 3.8) is 0 Å². The van der Waals surface area contributed by atoms with Gasteiger partial charge >= 0.3 is 5.97 Å². The van der Waals surface area contributed by atoms with E-state index in [0.717, 1.165) is 44.5 Å². The Kier molecular flexibility index (Phi) is 7.49. The summed E-state index contributed by atoms with van der Waals surface area (Å²) in [6, 6.07) is 17.2. The Hall–Kier alpha value is -2.96. The van der Waals surface area contributed by atoms with E-state index in [-0.39, 0.29) is 35.4 Å². The Morgan fingerprint density at radius 2 is 2.00 bits per heavy atom. The minimum absolute atomic E-state index is 0.0141. The van der Waals surface area contributed by atoms with Gasteiger partial charge < -0.3 is 14.8 Å². The summed E-state index contributed by atoms with van der Waals surface area (Å²) in [6.45, 7) is 7.99. The van der Waals surface area contributed by atoms with Crippen molar-refractivity contribution < 1.29 is 19.1 Å². The number of rotatable bonds is 7. The van der Waals surface area contributed by atoms with Gasteiger partial charge in [0.15, 0.2) is 0 Å². The maximum atomic E-state index is 13.0. The number of piperidine rings is 1. The molecule has 1 amide bonds. The van der Waals surface area contributed by atoms with Gasteiger partial charge in [0.25, 0.3) is 5.91 Å². The van der Waals surface area contributed by atoms with Gasteiger partial charge in [0.2, 0.25) is 0 Å². The topological polar surface area (TPSA) is 67.9 Å². The van der Waals surface area contributed by atoms with Gasteiger partial charge in [-0.2, -0.15) is 0 Å². The molecule has 0 aromatic heterocycles. The summed E-state index contributed by atoms with van der Waals surface area (Å²) in [5.74, 6) is 0.393. The van der Waals surface area contributed by atoms with Crippen LogP contribution in [0.25, 0.3) is 0 Å². The number of amides is 1. The lowest BCUT2D eigenvalue weighted by molar-refractivity contribution is -0.131. The van der Waals surface area contributed by atoms with E-state index >= 15 is 0 Å². The molecule has 1 saturated carbocycles. The number of ether oxygens (including phenoxy) is 2. The number of benzene rings is 2. The highest BCUT2D eigenvalue weighted by Crippen LogP contribution is 2.50. The van der Waals surface area contributed by atoms with Gasteiger partial charge in [-0.1, -0.05) is 36.4 Å². The summed E-state index contributed by atoms with van der Waals surface area (Å²) in [7, 11) is 1.76. The van der Waals surface area contributed by atoms with Gasteiger partial charge in [-0.25, -0.2) is 0 Å². The highest BCUT2D eigenvalue weighted by Gasteiger charge is 2.52. The second kappa shape index (κ2) is 10.5. The molecule has 1 N–H and O–H groups in total. The van der Waals surface area contributed by atoms with Crippen LogP contribution in [0.15, 0.2) is 67.3 Å². The number of hydrogen-bond acceptors (Lipinski definition) is 5. The third-order valence-electron chi connectivity index (χ3n) is 7.35. The van der Waals surface area contributed by atoms with Crippen molar-refractivity contribution in [1.29, 1.82) is 0 Å². The van der Waals surface area contributed by atoms with Crippen molar-refractivity contribution >= 4 is 11.9 Å².